The van der Waals surface area contributed by atoms with Gasteiger partial charge in [-0.2, -0.15) is 4.31 Å². The predicted octanol–water partition coefficient (Wildman–Crippen LogP) is 0.168. The second-order valence-electron chi connectivity index (χ2n) is 6.84. The molecule has 0 saturated carbocycles. The molecule has 2 heterocycles. The summed E-state index contributed by atoms with van der Waals surface area (Å²) in [4.78, 5) is 36.2. The minimum atomic E-state index is -3.94. The molecule has 32 heavy (non-hydrogen) atoms. The van der Waals surface area contributed by atoms with Gasteiger partial charge in [0, 0.05) is 26.3 Å². The van der Waals surface area contributed by atoms with Gasteiger partial charge >= 0.3 is 5.97 Å². The van der Waals surface area contributed by atoms with Crippen LogP contribution in [0.4, 0.5) is 0 Å². The Labute approximate surface area is 184 Å². The molecule has 0 unspecified atom stereocenters. The minimum absolute atomic E-state index is 0.0685. The zero-order valence-electron chi connectivity index (χ0n) is 17.6. The van der Waals surface area contributed by atoms with Crippen molar-refractivity contribution < 1.29 is 37.0 Å². The van der Waals surface area contributed by atoms with Crippen LogP contribution in [0.2, 0.25) is 0 Å². The van der Waals surface area contributed by atoms with Gasteiger partial charge in [0.05, 0.1) is 25.9 Å². The summed E-state index contributed by atoms with van der Waals surface area (Å²) < 4.78 is 44.1. The van der Waals surface area contributed by atoms with E-state index in [4.69, 9.17) is 14.2 Å². The van der Waals surface area contributed by atoms with Crippen LogP contribution in [0.15, 0.2) is 41.4 Å². The number of methoxy groups -OCH3 is 1. The number of nitrogens with zero attached hydrogens (tertiary/aromatic N) is 2. The highest BCUT2D eigenvalue weighted by Crippen LogP contribution is 2.28. The molecule has 3 rings (SSSR count). The summed E-state index contributed by atoms with van der Waals surface area (Å²) in [5.41, 5.74) is 0.178. The topological polar surface area (TPSA) is 133 Å². The van der Waals surface area contributed by atoms with Gasteiger partial charge in [0.15, 0.2) is 6.61 Å². The molecule has 0 spiro atoms. The van der Waals surface area contributed by atoms with E-state index in [2.05, 4.69) is 5.32 Å². The van der Waals surface area contributed by atoms with Crippen molar-refractivity contribution in [3.8, 4) is 5.75 Å². The highest BCUT2D eigenvalue weighted by Gasteiger charge is 2.30. The summed E-state index contributed by atoms with van der Waals surface area (Å²) in [6.07, 6.45) is 1.64. The SMILES string of the molecule is COc1ccc(C(=O)OCC(=O)NC(=O)c2cccn2C)cc1S(=O)(=O)N1CCOCC1. The fourth-order valence-electron chi connectivity index (χ4n) is 3.07. The van der Waals surface area contributed by atoms with Crippen LogP contribution in [0.25, 0.3) is 0 Å². The summed E-state index contributed by atoms with van der Waals surface area (Å²) in [7, 11) is -0.979. The number of aryl methyl sites for hydroxylation is 1. The summed E-state index contributed by atoms with van der Waals surface area (Å²) >= 11 is 0. The Hall–Kier alpha value is -3.22. The molecule has 1 aliphatic heterocycles. The number of benzene rings is 1. The van der Waals surface area contributed by atoms with Gasteiger partial charge in [-0.3, -0.25) is 14.9 Å². The molecule has 1 aliphatic rings. The van der Waals surface area contributed by atoms with Gasteiger partial charge in [-0.25, -0.2) is 13.2 Å². The van der Waals surface area contributed by atoms with Gasteiger partial charge in [0.2, 0.25) is 10.0 Å². The van der Waals surface area contributed by atoms with Crippen LogP contribution in [0.1, 0.15) is 20.8 Å². The lowest BCUT2D eigenvalue weighted by atomic mass is 10.2. The largest absolute Gasteiger partial charge is 0.495 e. The van der Waals surface area contributed by atoms with Gasteiger partial charge < -0.3 is 18.8 Å². The number of carbonyl (C=O) groups excluding carboxylic acids is 3. The second kappa shape index (κ2) is 9.94. The summed E-state index contributed by atoms with van der Waals surface area (Å²) in [5, 5.41) is 2.12. The van der Waals surface area contributed by atoms with E-state index in [0.717, 1.165) is 6.07 Å². The molecule has 0 radical (unpaired) electrons. The summed E-state index contributed by atoms with van der Waals surface area (Å²) in [6, 6.07) is 6.97. The molecular weight excluding hydrogens is 442 g/mol. The third kappa shape index (κ3) is 5.15. The van der Waals surface area contributed by atoms with Crippen LogP contribution in [0.5, 0.6) is 5.75 Å². The van der Waals surface area contributed by atoms with Crippen LogP contribution in [0.3, 0.4) is 0 Å². The number of hydrogen-bond acceptors (Lipinski definition) is 8. The molecule has 1 aromatic carbocycles. The zero-order valence-corrected chi connectivity index (χ0v) is 18.4. The average Bonchev–Trinajstić information content (AvgIpc) is 3.23. The summed E-state index contributed by atoms with van der Waals surface area (Å²) in [6.45, 7) is 0.164. The molecule has 1 aromatic heterocycles. The highest BCUT2D eigenvalue weighted by atomic mass is 32.2. The number of morpholine rings is 1. The van der Waals surface area contributed by atoms with E-state index in [9.17, 15) is 22.8 Å². The number of nitrogens with one attached hydrogen (secondary N) is 1. The molecule has 172 valence electrons. The van der Waals surface area contributed by atoms with Gasteiger partial charge in [-0.1, -0.05) is 0 Å². The molecule has 1 N–H and O–H groups in total. The Kier molecular flexibility index (Phi) is 7.28. The first-order valence-electron chi connectivity index (χ1n) is 9.62. The maximum absolute atomic E-state index is 13.0. The van der Waals surface area contributed by atoms with Crippen molar-refractivity contribution in [2.45, 2.75) is 4.90 Å². The van der Waals surface area contributed by atoms with Crippen molar-refractivity contribution >= 4 is 27.8 Å². The first-order chi connectivity index (χ1) is 15.2. The third-order valence-corrected chi connectivity index (χ3v) is 6.67. The first-order valence-corrected chi connectivity index (χ1v) is 11.1. The van der Waals surface area contributed by atoms with E-state index in [0.29, 0.717) is 0 Å². The number of aromatic nitrogens is 1. The highest BCUT2D eigenvalue weighted by molar-refractivity contribution is 7.89. The van der Waals surface area contributed by atoms with Crippen molar-refractivity contribution in [3.63, 3.8) is 0 Å². The normalized spacial score (nSPS) is 14.6. The summed E-state index contributed by atoms with van der Waals surface area (Å²) in [5.74, 6) is -2.31. The van der Waals surface area contributed by atoms with Crippen LogP contribution in [-0.4, -0.2) is 75.1 Å². The number of sulfonamides is 1. The van der Waals surface area contributed by atoms with E-state index in [1.54, 1.807) is 19.3 Å². The van der Waals surface area contributed by atoms with E-state index < -0.39 is 34.4 Å². The van der Waals surface area contributed by atoms with E-state index in [-0.39, 0.29) is 48.2 Å². The molecule has 1 fully saturated rings. The number of imide groups is 1. The average molecular weight is 465 g/mol. The van der Waals surface area contributed by atoms with Crippen LogP contribution < -0.4 is 10.1 Å². The molecule has 0 aliphatic carbocycles. The Morgan fingerprint density at radius 2 is 1.88 bits per heavy atom. The standard InChI is InChI=1S/C20H23N3O8S/c1-22-7-3-4-15(22)19(25)21-18(24)13-31-20(26)14-5-6-16(29-2)17(12-14)32(27,28)23-8-10-30-11-9-23/h3-7,12H,8-11,13H2,1-2H3,(H,21,24,25). The molecule has 11 nitrogen and oxygen atoms in total. The number of amides is 2. The minimum Gasteiger partial charge on any atom is -0.495 e. The number of ether oxygens (including phenoxy) is 3. The van der Waals surface area contributed by atoms with E-state index in [1.807, 2.05) is 0 Å². The van der Waals surface area contributed by atoms with Crippen LogP contribution >= 0.6 is 0 Å². The van der Waals surface area contributed by atoms with Crippen LogP contribution in [-0.2, 0) is 31.3 Å². The lowest BCUT2D eigenvalue weighted by Gasteiger charge is -2.26. The Morgan fingerprint density at radius 1 is 1.16 bits per heavy atom. The number of carbonyl (C=O) groups is 3. The van der Waals surface area contributed by atoms with Crippen molar-refractivity contribution in [2.24, 2.45) is 7.05 Å². The van der Waals surface area contributed by atoms with Gasteiger partial charge in [0.1, 0.15) is 16.3 Å². The molecule has 1 saturated heterocycles. The fraction of sp³-hybridized carbons (Fsp3) is 0.350. The maximum Gasteiger partial charge on any atom is 0.338 e. The zero-order chi connectivity index (χ0) is 23.3. The fourth-order valence-corrected chi connectivity index (χ4v) is 4.66. The van der Waals surface area contributed by atoms with Gasteiger partial charge in [-0.15, -0.1) is 0 Å². The molecule has 2 aromatic rings. The number of rotatable bonds is 7. The monoisotopic (exact) mass is 465 g/mol. The van der Waals surface area contributed by atoms with E-state index in [1.165, 1.54) is 34.2 Å². The Morgan fingerprint density at radius 3 is 2.50 bits per heavy atom. The first kappa shape index (κ1) is 23.4. The van der Waals surface area contributed by atoms with Crippen molar-refractivity contribution in [3.05, 3.63) is 47.8 Å². The molecule has 0 bridgehead atoms. The molecule has 0 atom stereocenters. The molecule has 2 amide bonds. The van der Waals surface area contributed by atoms with Gasteiger partial charge in [0.25, 0.3) is 11.8 Å². The smallest absolute Gasteiger partial charge is 0.338 e. The predicted molar refractivity (Wildman–Crippen MR) is 111 cm³/mol. The molecule has 12 heteroatoms. The lowest BCUT2D eigenvalue weighted by molar-refractivity contribution is -0.123. The third-order valence-electron chi connectivity index (χ3n) is 4.75. The quantitative estimate of drug-likeness (QED) is 0.572. The maximum atomic E-state index is 13.0. The number of hydrogen-bond donors (Lipinski definition) is 1. The van der Waals surface area contributed by atoms with Crippen molar-refractivity contribution in [1.29, 1.82) is 0 Å². The van der Waals surface area contributed by atoms with Gasteiger partial charge in [-0.05, 0) is 30.3 Å². The lowest BCUT2D eigenvalue weighted by Crippen LogP contribution is -2.40. The van der Waals surface area contributed by atoms with Crippen molar-refractivity contribution in [2.75, 3.05) is 40.0 Å². The Bertz CT molecular complexity index is 1120. The second-order valence-corrected chi connectivity index (χ2v) is 8.75. The number of esters is 1. The van der Waals surface area contributed by atoms with E-state index >= 15 is 0 Å². The van der Waals surface area contributed by atoms with Crippen LogP contribution in [0, 0.1) is 0 Å². The van der Waals surface area contributed by atoms with Crippen molar-refractivity contribution in [1.82, 2.24) is 14.2 Å². The molecular formula is C20H23N3O8S. The Balaban J connectivity index is 1.69.